The van der Waals surface area contributed by atoms with Crippen molar-refractivity contribution in [3.8, 4) is 0 Å². The van der Waals surface area contributed by atoms with Crippen molar-refractivity contribution in [2.45, 2.75) is 13.3 Å². The molecule has 6 heteroatoms. The second-order valence-electron chi connectivity index (χ2n) is 2.22. The third-order valence-electron chi connectivity index (χ3n) is 1.14. The molecule has 0 amide bonds. The van der Waals surface area contributed by atoms with E-state index < -0.39 is 16.0 Å². The molecule has 0 saturated carbocycles. The average molecular weight is 195 g/mol. The minimum atomic E-state index is -3.29. The van der Waals surface area contributed by atoms with Gasteiger partial charge in [0.2, 0.25) is 10.0 Å². The summed E-state index contributed by atoms with van der Waals surface area (Å²) < 4.78 is 28.2. The highest BCUT2D eigenvalue weighted by atomic mass is 32.2. The topological polar surface area (TPSA) is 72.5 Å². The van der Waals surface area contributed by atoms with E-state index in [9.17, 15) is 13.2 Å². The first kappa shape index (κ1) is 11.4. The van der Waals surface area contributed by atoms with Crippen molar-refractivity contribution >= 4 is 16.0 Å². The number of esters is 1. The van der Waals surface area contributed by atoms with E-state index in [1.165, 1.54) is 7.11 Å². The fourth-order valence-corrected chi connectivity index (χ4v) is 1.60. The van der Waals surface area contributed by atoms with E-state index >= 15 is 0 Å². The van der Waals surface area contributed by atoms with Crippen LogP contribution in [0.2, 0.25) is 0 Å². The molecule has 0 atom stereocenters. The highest BCUT2D eigenvalue weighted by molar-refractivity contribution is 7.89. The second-order valence-corrected chi connectivity index (χ2v) is 4.14. The first-order valence-corrected chi connectivity index (χ1v) is 5.21. The van der Waals surface area contributed by atoms with Crippen LogP contribution in [0.4, 0.5) is 0 Å². The lowest BCUT2D eigenvalue weighted by molar-refractivity contribution is -0.139. The Morgan fingerprint density at radius 1 is 1.50 bits per heavy atom. The number of rotatable bonds is 5. The van der Waals surface area contributed by atoms with Crippen molar-refractivity contribution in [3.63, 3.8) is 0 Å². The Bertz CT molecular complexity index is 234. The number of sulfonamides is 1. The number of ether oxygens (including phenoxy) is 1. The van der Waals surface area contributed by atoms with Gasteiger partial charge in [-0.25, -0.2) is 13.1 Å². The number of carbonyl (C=O) groups excluding carboxylic acids is 1. The summed E-state index contributed by atoms with van der Waals surface area (Å²) in [5, 5.41) is 0. The van der Waals surface area contributed by atoms with Crippen LogP contribution in [0.3, 0.4) is 0 Å². The molecular weight excluding hydrogens is 182 g/mol. The van der Waals surface area contributed by atoms with Gasteiger partial charge in [-0.15, -0.1) is 0 Å². The molecule has 0 aromatic heterocycles. The molecule has 0 unspecified atom stereocenters. The van der Waals surface area contributed by atoms with Crippen LogP contribution >= 0.6 is 0 Å². The quantitative estimate of drug-likeness (QED) is 0.600. The van der Waals surface area contributed by atoms with Crippen LogP contribution < -0.4 is 4.72 Å². The van der Waals surface area contributed by atoms with E-state index in [1.54, 1.807) is 6.92 Å². The third kappa shape index (κ3) is 5.09. The molecule has 0 aliphatic rings. The van der Waals surface area contributed by atoms with Gasteiger partial charge in [0.25, 0.3) is 0 Å². The normalized spacial score (nSPS) is 11.2. The van der Waals surface area contributed by atoms with Crippen LogP contribution in [-0.2, 0) is 19.6 Å². The standard InChI is InChI=1S/C6H13NO4S/c1-3-4-12(9,10)7-5-6(8)11-2/h7H,3-5H2,1-2H3. The predicted octanol–water partition coefficient (Wildman–Crippen LogP) is -0.511. The summed E-state index contributed by atoms with van der Waals surface area (Å²) in [5.41, 5.74) is 0. The van der Waals surface area contributed by atoms with E-state index in [0.29, 0.717) is 6.42 Å². The molecule has 0 saturated heterocycles. The zero-order valence-electron chi connectivity index (χ0n) is 7.16. The molecule has 0 aromatic rings. The van der Waals surface area contributed by atoms with Crippen molar-refractivity contribution in [1.29, 1.82) is 0 Å². The second kappa shape index (κ2) is 5.10. The van der Waals surface area contributed by atoms with E-state index in [-0.39, 0.29) is 12.3 Å². The molecule has 0 bridgehead atoms. The number of carbonyl (C=O) groups is 1. The first-order chi connectivity index (χ1) is 5.52. The van der Waals surface area contributed by atoms with Gasteiger partial charge >= 0.3 is 5.97 Å². The molecule has 12 heavy (non-hydrogen) atoms. The maximum absolute atomic E-state index is 10.9. The lowest BCUT2D eigenvalue weighted by Crippen LogP contribution is -2.31. The SMILES string of the molecule is CCCS(=O)(=O)NCC(=O)OC. The van der Waals surface area contributed by atoms with E-state index in [2.05, 4.69) is 9.46 Å². The highest BCUT2D eigenvalue weighted by Gasteiger charge is 2.10. The lowest BCUT2D eigenvalue weighted by atomic mass is 10.6. The van der Waals surface area contributed by atoms with E-state index in [0.717, 1.165) is 0 Å². The average Bonchev–Trinajstić information content (AvgIpc) is 2.00. The van der Waals surface area contributed by atoms with Crippen molar-refractivity contribution in [3.05, 3.63) is 0 Å². The zero-order valence-corrected chi connectivity index (χ0v) is 7.98. The van der Waals surface area contributed by atoms with Crippen LogP contribution in [0.15, 0.2) is 0 Å². The monoisotopic (exact) mass is 195 g/mol. The van der Waals surface area contributed by atoms with Gasteiger partial charge in [-0.1, -0.05) is 6.92 Å². The molecule has 0 aliphatic heterocycles. The van der Waals surface area contributed by atoms with Crippen molar-refractivity contribution in [1.82, 2.24) is 4.72 Å². The molecule has 0 aromatic carbocycles. The molecule has 72 valence electrons. The maximum Gasteiger partial charge on any atom is 0.320 e. The van der Waals surface area contributed by atoms with Gasteiger partial charge in [0.1, 0.15) is 6.54 Å². The number of nitrogens with one attached hydrogen (secondary N) is 1. The van der Waals surface area contributed by atoms with Gasteiger partial charge in [-0.05, 0) is 6.42 Å². The van der Waals surface area contributed by atoms with Crippen molar-refractivity contribution < 1.29 is 17.9 Å². The molecule has 0 spiro atoms. The Balaban J connectivity index is 3.84. The molecule has 1 N–H and O–H groups in total. The van der Waals surface area contributed by atoms with Gasteiger partial charge in [-0.3, -0.25) is 4.79 Å². The smallest absolute Gasteiger partial charge is 0.320 e. The van der Waals surface area contributed by atoms with E-state index in [4.69, 9.17) is 0 Å². The fourth-order valence-electron chi connectivity index (χ4n) is 0.582. The third-order valence-corrected chi connectivity index (χ3v) is 2.67. The number of methoxy groups -OCH3 is 1. The molecule has 0 aliphatic carbocycles. The molecule has 0 radical (unpaired) electrons. The van der Waals surface area contributed by atoms with Crippen LogP contribution in [0.1, 0.15) is 13.3 Å². The predicted molar refractivity (Wildman–Crippen MR) is 44.1 cm³/mol. The van der Waals surface area contributed by atoms with Gasteiger partial charge in [-0.2, -0.15) is 0 Å². The summed E-state index contributed by atoms with van der Waals surface area (Å²) in [6.07, 6.45) is 0.524. The van der Waals surface area contributed by atoms with Gasteiger partial charge in [0.15, 0.2) is 0 Å². The van der Waals surface area contributed by atoms with Gasteiger partial charge in [0, 0.05) is 0 Å². The zero-order chi connectivity index (χ0) is 9.61. The minimum absolute atomic E-state index is 0.0317. The summed E-state index contributed by atoms with van der Waals surface area (Å²) in [7, 11) is -2.08. The Morgan fingerprint density at radius 3 is 2.50 bits per heavy atom. The first-order valence-electron chi connectivity index (χ1n) is 3.56. The highest BCUT2D eigenvalue weighted by Crippen LogP contribution is 1.87. The summed E-state index contributed by atoms with van der Waals surface area (Å²) in [6.45, 7) is 1.45. The van der Waals surface area contributed by atoms with Crippen molar-refractivity contribution in [2.24, 2.45) is 0 Å². The molecule has 5 nitrogen and oxygen atoms in total. The van der Waals surface area contributed by atoms with Gasteiger partial charge in [0.05, 0.1) is 12.9 Å². The van der Waals surface area contributed by atoms with E-state index in [1.807, 2.05) is 0 Å². The summed E-state index contributed by atoms with van der Waals surface area (Å²) in [4.78, 5) is 10.5. The largest absolute Gasteiger partial charge is 0.468 e. The minimum Gasteiger partial charge on any atom is -0.468 e. The van der Waals surface area contributed by atoms with Crippen LogP contribution in [0, 0.1) is 0 Å². The molecule has 0 rings (SSSR count). The van der Waals surface area contributed by atoms with Crippen molar-refractivity contribution in [2.75, 3.05) is 19.4 Å². The summed E-state index contributed by atoms with van der Waals surface area (Å²) in [6, 6.07) is 0. The lowest BCUT2D eigenvalue weighted by Gasteiger charge is -2.02. The molecule has 0 fully saturated rings. The number of hydrogen-bond acceptors (Lipinski definition) is 4. The fraction of sp³-hybridized carbons (Fsp3) is 0.833. The Hall–Kier alpha value is -0.620. The Labute approximate surface area is 72.1 Å². The maximum atomic E-state index is 10.9. The van der Waals surface area contributed by atoms with Crippen LogP contribution in [-0.4, -0.2) is 33.8 Å². The summed E-state index contributed by atoms with van der Waals surface area (Å²) in [5.74, 6) is -0.557. The molecular formula is C6H13NO4S. The Morgan fingerprint density at radius 2 is 2.08 bits per heavy atom. The van der Waals surface area contributed by atoms with Crippen LogP contribution in [0.5, 0.6) is 0 Å². The number of hydrogen-bond donors (Lipinski definition) is 1. The van der Waals surface area contributed by atoms with Crippen LogP contribution in [0.25, 0.3) is 0 Å². The summed E-state index contributed by atoms with van der Waals surface area (Å²) >= 11 is 0. The molecule has 0 heterocycles. The Kier molecular flexibility index (Phi) is 4.84. The van der Waals surface area contributed by atoms with Gasteiger partial charge < -0.3 is 4.74 Å².